The van der Waals surface area contributed by atoms with Crippen LogP contribution in [-0.2, 0) is 35.0 Å². The Morgan fingerprint density at radius 2 is 1.81 bits per heavy atom. The largest absolute Gasteiger partial charge is 0.468 e. The molecule has 0 aromatic heterocycles. The lowest BCUT2D eigenvalue weighted by Gasteiger charge is -2.41. The molecule has 0 radical (unpaired) electrons. The molecular weight excluding hydrogens is 492 g/mol. The second kappa shape index (κ2) is 13.1. The van der Waals surface area contributed by atoms with Crippen molar-refractivity contribution in [1.29, 1.82) is 0 Å². The van der Waals surface area contributed by atoms with Crippen LogP contribution in [0, 0.1) is 5.92 Å². The van der Waals surface area contributed by atoms with E-state index in [1.54, 1.807) is 37.3 Å². The van der Waals surface area contributed by atoms with Crippen LogP contribution in [-0.4, -0.2) is 94.8 Å². The highest BCUT2D eigenvalue weighted by Gasteiger charge is 2.46. The van der Waals surface area contributed by atoms with Gasteiger partial charge in [0.1, 0.15) is 30.2 Å². The van der Waals surface area contributed by atoms with Gasteiger partial charge in [-0.2, -0.15) is 0 Å². The molecule has 0 spiro atoms. The van der Waals surface area contributed by atoms with Crippen LogP contribution < -0.4 is 4.74 Å². The Morgan fingerprint density at radius 3 is 2.46 bits per heavy atom. The molecular formula is C25H32O12. The number of benzene rings is 1. The van der Waals surface area contributed by atoms with Crippen molar-refractivity contribution in [3.05, 3.63) is 53.3 Å². The maximum absolute atomic E-state index is 12.9. The number of carbonyl (C=O) groups excluding carboxylic acids is 2. The van der Waals surface area contributed by atoms with E-state index in [4.69, 9.17) is 23.7 Å². The van der Waals surface area contributed by atoms with Crippen molar-refractivity contribution in [2.24, 2.45) is 5.92 Å². The quantitative estimate of drug-likeness (QED) is 0.156. The molecule has 0 aliphatic carbocycles. The zero-order valence-electron chi connectivity index (χ0n) is 20.4. The van der Waals surface area contributed by atoms with Gasteiger partial charge in [0.25, 0.3) is 0 Å². The molecule has 37 heavy (non-hydrogen) atoms. The zero-order chi connectivity index (χ0) is 27.1. The van der Waals surface area contributed by atoms with Crippen LogP contribution in [0.4, 0.5) is 0 Å². The van der Waals surface area contributed by atoms with Gasteiger partial charge in [-0.15, -0.1) is 0 Å². The fourth-order valence-electron chi connectivity index (χ4n) is 4.19. The van der Waals surface area contributed by atoms with Gasteiger partial charge in [-0.05, 0) is 25.0 Å². The van der Waals surface area contributed by atoms with E-state index in [-0.39, 0.29) is 30.8 Å². The van der Waals surface area contributed by atoms with Gasteiger partial charge >= 0.3 is 11.9 Å². The van der Waals surface area contributed by atoms with Crippen molar-refractivity contribution in [2.75, 3.05) is 20.3 Å². The van der Waals surface area contributed by atoms with Crippen molar-refractivity contribution in [3.8, 4) is 5.75 Å². The molecule has 0 saturated carbocycles. The standard InChI is InChI=1S/C25H32O12/c1-3-14-15(10-19(28)35-17-7-5-4-6-13(17)8-9-26)16(23(32)33-2)12-34-24(14)37-25-22(31)21(30)20(29)18(11-27)36-25/h3-7,12,15,18,20-22,24-27,29-31H,8-11H2,1-2H3. The van der Waals surface area contributed by atoms with Crippen LogP contribution in [0.5, 0.6) is 5.75 Å². The van der Waals surface area contributed by atoms with E-state index in [0.29, 0.717) is 11.1 Å². The fraction of sp³-hybridized carbons (Fsp3) is 0.520. The van der Waals surface area contributed by atoms with Crippen LogP contribution in [0.2, 0.25) is 0 Å². The van der Waals surface area contributed by atoms with Crippen LogP contribution in [0.15, 0.2) is 47.7 Å². The predicted molar refractivity (Wildman–Crippen MR) is 125 cm³/mol. The van der Waals surface area contributed by atoms with Crippen LogP contribution in [0.25, 0.3) is 0 Å². The Morgan fingerprint density at radius 1 is 1.08 bits per heavy atom. The lowest BCUT2D eigenvalue weighted by atomic mass is 9.86. The number of hydrogen-bond acceptors (Lipinski definition) is 12. The normalized spacial score (nSPS) is 30.8. The van der Waals surface area contributed by atoms with Crippen molar-refractivity contribution in [2.45, 2.75) is 56.8 Å². The van der Waals surface area contributed by atoms with Crippen LogP contribution in [0.3, 0.4) is 0 Å². The Bertz CT molecular complexity index is 1000. The predicted octanol–water partition coefficient (Wildman–Crippen LogP) is -0.691. The Labute approximate surface area is 213 Å². The number of aliphatic hydroxyl groups excluding tert-OH is 5. The molecule has 12 nitrogen and oxygen atoms in total. The summed E-state index contributed by atoms with van der Waals surface area (Å²) in [5.41, 5.74) is 0.953. The van der Waals surface area contributed by atoms with Gasteiger partial charge in [-0.3, -0.25) is 4.79 Å². The molecule has 3 rings (SSSR count). The molecule has 2 aliphatic heterocycles. The molecule has 1 aromatic rings. The number of allylic oxidation sites excluding steroid dienone is 1. The minimum Gasteiger partial charge on any atom is -0.468 e. The molecule has 2 heterocycles. The Balaban J connectivity index is 1.82. The number of hydrogen-bond donors (Lipinski definition) is 5. The first-order valence-electron chi connectivity index (χ1n) is 11.7. The molecule has 2 aliphatic rings. The first-order valence-corrected chi connectivity index (χ1v) is 11.7. The van der Waals surface area contributed by atoms with E-state index < -0.39 is 61.5 Å². The molecule has 5 N–H and O–H groups in total. The molecule has 204 valence electrons. The SMILES string of the molecule is CC=C1C(OC2OC(CO)C(O)C(O)C2O)OC=C(C(=O)OC)C1CC(=O)Oc1ccccc1CCO. The summed E-state index contributed by atoms with van der Waals surface area (Å²) < 4.78 is 27.0. The maximum atomic E-state index is 12.9. The second-order valence-corrected chi connectivity index (χ2v) is 8.47. The highest BCUT2D eigenvalue weighted by atomic mass is 16.8. The first-order chi connectivity index (χ1) is 17.7. The summed E-state index contributed by atoms with van der Waals surface area (Å²) in [4.78, 5) is 25.4. The number of aliphatic hydroxyl groups is 5. The van der Waals surface area contributed by atoms with Gasteiger partial charge in [0.2, 0.25) is 6.29 Å². The highest BCUT2D eigenvalue weighted by Crippen LogP contribution is 2.36. The lowest BCUT2D eigenvalue weighted by molar-refractivity contribution is -0.327. The third-order valence-corrected chi connectivity index (χ3v) is 6.18. The van der Waals surface area contributed by atoms with Gasteiger partial charge in [0, 0.05) is 18.1 Å². The zero-order valence-corrected chi connectivity index (χ0v) is 20.4. The number of ether oxygens (including phenoxy) is 5. The van der Waals surface area contributed by atoms with Gasteiger partial charge in [0.15, 0.2) is 6.29 Å². The summed E-state index contributed by atoms with van der Waals surface area (Å²) in [5, 5.41) is 49.1. The number of methoxy groups -OCH3 is 1. The first kappa shape index (κ1) is 28.7. The summed E-state index contributed by atoms with van der Waals surface area (Å²) in [7, 11) is 1.18. The molecule has 7 unspecified atom stereocenters. The van der Waals surface area contributed by atoms with E-state index in [9.17, 15) is 35.1 Å². The fourth-order valence-corrected chi connectivity index (χ4v) is 4.19. The van der Waals surface area contributed by atoms with Crippen molar-refractivity contribution < 1.29 is 58.8 Å². The minimum absolute atomic E-state index is 0.0184. The number of esters is 2. The minimum atomic E-state index is -1.68. The summed E-state index contributed by atoms with van der Waals surface area (Å²) in [6.45, 7) is 0.840. The van der Waals surface area contributed by atoms with E-state index in [1.165, 1.54) is 7.11 Å². The van der Waals surface area contributed by atoms with Crippen molar-refractivity contribution >= 4 is 11.9 Å². The maximum Gasteiger partial charge on any atom is 0.337 e. The van der Waals surface area contributed by atoms with Gasteiger partial charge < -0.3 is 49.2 Å². The van der Waals surface area contributed by atoms with Gasteiger partial charge in [-0.25, -0.2) is 4.79 Å². The number of para-hydroxylation sites is 1. The van der Waals surface area contributed by atoms with E-state index in [1.807, 2.05) is 0 Å². The second-order valence-electron chi connectivity index (χ2n) is 8.47. The average Bonchev–Trinajstić information content (AvgIpc) is 2.90. The highest BCUT2D eigenvalue weighted by molar-refractivity contribution is 5.91. The summed E-state index contributed by atoms with van der Waals surface area (Å²) in [5.74, 6) is -2.06. The Hall–Kier alpha value is -2.84. The molecule has 7 atom stereocenters. The average molecular weight is 525 g/mol. The summed E-state index contributed by atoms with van der Waals surface area (Å²) in [6, 6.07) is 6.73. The topological polar surface area (TPSA) is 181 Å². The monoisotopic (exact) mass is 524 g/mol. The van der Waals surface area contributed by atoms with Crippen molar-refractivity contribution in [1.82, 2.24) is 0 Å². The van der Waals surface area contributed by atoms with E-state index in [2.05, 4.69) is 0 Å². The molecule has 12 heteroatoms. The number of rotatable bonds is 9. The van der Waals surface area contributed by atoms with E-state index in [0.717, 1.165) is 6.26 Å². The van der Waals surface area contributed by atoms with Crippen LogP contribution in [0.1, 0.15) is 18.9 Å². The molecule has 1 saturated heterocycles. The Kier molecular flexibility index (Phi) is 10.2. The molecule has 0 amide bonds. The van der Waals surface area contributed by atoms with Crippen LogP contribution >= 0.6 is 0 Å². The molecule has 1 fully saturated rings. The van der Waals surface area contributed by atoms with E-state index >= 15 is 0 Å². The number of carbonyl (C=O) groups is 2. The smallest absolute Gasteiger partial charge is 0.337 e. The molecule has 1 aromatic carbocycles. The summed E-state index contributed by atoms with van der Waals surface area (Å²) >= 11 is 0. The molecule has 0 bridgehead atoms. The third-order valence-electron chi connectivity index (χ3n) is 6.18. The lowest BCUT2D eigenvalue weighted by Crippen LogP contribution is -2.60. The summed E-state index contributed by atoms with van der Waals surface area (Å²) in [6.07, 6.45) is -6.30. The van der Waals surface area contributed by atoms with Crippen molar-refractivity contribution in [3.63, 3.8) is 0 Å². The van der Waals surface area contributed by atoms with Gasteiger partial charge in [0.05, 0.1) is 32.0 Å². The van der Waals surface area contributed by atoms with Gasteiger partial charge in [-0.1, -0.05) is 24.3 Å². The third kappa shape index (κ3) is 6.54.